The third-order valence-electron chi connectivity index (χ3n) is 6.05. The van der Waals surface area contributed by atoms with Gasteiger partial charge in [0.25, 0.3) is 0 Å². The molecule has 4 heterocycles. The van der Waals surface area contributed by atoms with Gasteiger partial charge in [-0.3, -0.25) is 0 Å². The SMILES string of the molecule is CC1O[PH+](N(C)C)OC(C)C2OC(C)(C)OC12.CC1O[PH+](N(C)C)OC(C)C2OC(C)(C)OC12.[Cl][Pd][Cl]. The van der Waals surface area contributed by atoms with Crippen LogP contribution in [0.1, 0.15) is 55.4 Å². The summed E-state index contributed by atoms with van der Waals surface area (Å²) in [6.45, 7) is 15.8. The predicted octanol–water partition coefficient (Wildman–Crippen LogP) is 5.08. The number of fused-ring (bicyclic) bond motifs is 2. The Labute approximate surface area is 241 Å². The molecule has 4 aliphatic heterocycles. The van der Waals surface area contributed by atoms with E-state index in [0.717, 1.165) is 0 Å². The van der Waals surface area contributed by atoms with Crippen LogP contribution in [0.3, 0.4) is 0 Å². The summed E-state index contributed by atoms with van der Waals surface area (Å²) in [5.74, 6) is -1.10. The zero-order valence-electron chi connectivity index (χ0n) is 23.9. The molecule has 224 valence electrons. The van der Waals surface area contributed by atoms with Crippen LogP contribution in [0.4, 0.5) is 0 Å². The Balaban J connectivity index is 0.000000235. The van der Waals surface area contributed by atoms with Gasteiger partial charge in [0.1, 0.15) is 48.8 Å². The van der Waals surface area contributed by atoms with Gasteiger partial charge < -0.3 is 18.9 Å². The molecule has 4 saturated heterocycles. The van der Waals surface area contributed by atoms with E-state index < -0.39 is 28.6 Å². The third kappa shape index (κ3) is 9.89. The Bertz CT molecular complexity index is 618. The van der Waals surface area contributed by atoms with Crippen LogP contribution in [0.2, 0.25) is 0 Å². The van der Waals surface area contributed by atoms with Crippen molar-refractivity contribution in [1.82, 2.24) is 9.34 Å². The molecule has 37 heavy (non-hydrogen) atoms. The van der Waals surface area contributed by atoms with E-state index in [-0.39, 0.29) is 64.8 Å². The van der Waals surface area contributed by atoms with Gasteiger partial charge in [-0.05, 0) is 55.4 Å². The van der Waals surface area contributed by atoms with Gasteiger partial charge >= 0.3 is 52.0 Å². The van der Waals surface area contributed by atoms with E-state index in [1.807, 2.05) is 92.9 Å². The minimum atomic E-state index is -1.40. The van der Waals surface area contributed by atoms with Crippen molar-refractivity contribution in [3.8, 4) is 0 Å². The number of ether oxygens (including phenoxy) is 4. The number of nitrogens with zero attached hydrogens (tertiary/aromatic N) is 2. The van der Waals surface area contributed by atoms with Crippen molar-refractivity contribution in [2.45, 2.75) is 116 Å². The molecule has 8 unspecified atom stereocenters. The van der Waals surface area contributed by atoms with Gasteiger partial charge in [-0.15, -0.1) is 9.34 Å². The van der Waals surface area contributed by atoms with Crippen LogP contribution < -0.4 is 0 Å². The molecule has 8 atom stereocenters. The molecule has 0 spiro atoms. The Kier molecular flexibility index (Phi) is 13.9. The summed E-state index contributed by atoms with van der Waals surface area (Å²) in [4.78, 5) is 0. The molecular weight excluding hydrogens is 660 g/mol. The van der Waals surface area contributed by atoms with Gasteiger partial charge in [0.05, 0.1) is 0 Å². The van der Waals surface area contributed by atoms with Gasteiger partial charge in [0.2, 0.25) is 0 Å². The van der Waals surface area contributed by atoms with Gasteiger partial charge in [0.15, 0.2) is 11.6 Å². The van der Waals surface area contributed by atoms with E-state index in [9.17, 15) is 0 Å². The molecule has 0 aromatic heterocycles. The summed E-state index contributed by atoms with van der Waals surface area (Å²) in [7, 11) is 14.7. The zero-order chi connectivity index (χ0) is 28.3. The molecule has 0 N–H and O–H groups in total. The summed E-state index contributed by atoms with van der Waals surface area (Å²) in [6, 6.07) is 0. The van der Waals surface area contributed by atoms with Crippen LogP contribution in [0, 0.1) is 0 Å². The monoisotopic (exact) mass is 704 g/mol. The number of hydrogen-bond acceptors (Lipinski definition) is 10. The fourth-order valence-corrected chi connectivity index (χ4v) is 7.23. The first-order valence-electron chi connectivity index (χ1n) is 12.3. The van der Waals surface area contributed by atoms with Gasteiger partial charge in [-0.1, -0.05) is 0 Å². The van der Waals surface area contributed by atoms with Crippen LogP contribution in [0.15, 0.2) is 0 Å². The number of rotatable bonds is 2. The van der Waals surface area contributed by atoms with Crippen LogP contribution in [-0.2, 0) is 53.0 Å². The average Bonchev–Trinajstić information content (AvgIpc) is 3.21. The van der Waals surface area contributed by atoms with E-state index in [1.54, 1.807) is 0 Å². The Morgan fingerprint density at radius 2 is 0.730 bits per heavy atom. The summed E-state index contributed by atoms with van der Waals surface area (Å²) >= 11 is -0.106. The second-order valence-corrected chi connectivity index (χ2v) is 16.9. The molecule has 0 aromatic rings. The Morgan fingerprint density at radius 3 is 0.892 bits per heavy atom. The summed E-state index contributed by atoms with van der Waals surface area (Å²) < 4.78 is 51.5. The second kappa shape index (κ2) is 14.7. The number of halogens is 2. The normalized spacial score (nSPS) is 42.6. The summed E-state index contributed by atoms with van der Waals surface area (Å²) in [6.07, 6.45) is -0.258. The average molecular weight is 706 g/mol. The first-order chi connectivity index (χ1) is 17.0. The molecule has 15 heteroatoms. The molecule has 0 amide bonds. The number of hydrogen-bond donors (Lipinski definition) is 0. The molecule has 0 aromatic carbocycles. The fraction of sp³-hybridized carbons (Fsp3) is 1.00. The summed E-state index contributed by atoms with van der Waals surface area (Å²) in [5.41, 5.74) is 0. The van der Waals surface area contributed by atoms with Crippen LogP contribution in [0.25, 0.3) is 0 Å². The topological polar surface area (TPSA) is 80.3 Å². The standard InChI is InChI=1S/2C11H22NO4P.2ClH.Pd/c2*1-7-9-10(14-11(3,4)13-9)8(2)16-17(15-7)12(5)6;;;/h2*7-10H,1-6H3;2*1H;/q;;;;+2. The molecule has 4 aliphatic rings. The van der Waals surface area contributed by atoms with Crippen LogP contribution in [0.5, 0.6) is 0 Å². The quantitative estimate of drug-likeness (QED) is 0.287. The van der Waals surface area contributed by atoms with Crippen LogP contribution >= 0.6 is 36.1 Å². The molecule has 4 rings (SSSR count). The zero-order valence-corrected chi connectivity index (χ0v) is 28.9. The van der Waals surface area contributed by atoms with Gasteiger partial charge in [-0.25, -0.2) is 0 Å². The maximum absolute atomic E-state index is 5.95. The van der Waals surface area contributed by atoms with E-state index in [0.29, 0.717) is 0 Å². The van der Waals surface area contributed by atoms with E-state index in [1.165, 1.54) is 0 Å². The molecule has 0 aliphatic carbocycles. The van der Waals surface area contributed by atoms with Crippen molar-refractivity contribution in [3.05, 3.63) is 0 Å². The molecular formula is C22H46Cl2N2O8P2Pd+2. The van der Waals surface area contributed by atoms with Crippen LogP contribution in [-0.4, -0.2) is 97.9 Å². The first-order valence-corrected chi connectivity index (χ1v) is 18.8. The molecule has 0 bridgehead atoms. The molecule has 4 fully saturated rings. The fourth-order valence-electron chi connectivity index (χ4n) is 4.47. The minimum absolute atomic E-state index is 0.0111. The maximum atomic E-state index is 5.95. The molecule has 10 nitrogen and oxygen atoms in total. The third-order valence-corrected chi connectivity index (χ3v) is 9.81. The first kappa shape index (κ1) is 34.9. The van der Waals surface area contributed by atoms with E-state index in [4.69, 9.17) is 56.1 Å². The van der Waals surface area contributed by atoms with Crippen molar-refractivity contribution >= 4 is 36.1 Å². The van der Waals surface area contributed by atoms with Gasteiger partial charge in [0, 0.05) is 28.2 Å². The van der Waals surface area contributed by atoms with Crippen molar-refractivity contribution in [2.24, 2.45) is 0 Å². The van der Waals surface area contributed by atoms with Crippen molar-refractivity contribution < 1.29 is 53.0 Å². The van der Waals surface area contributed by atoms with E-state index >= 15 is 0 Å². The van der Waals surface area contributed by atoms with E-state index in [2.05, 4.69) is 0 Å². The van der Waals surface area contributed by atoms with Gasteiger partial charge in [-0.2, -0.15) is 18.1 Å². The Hall–Kier alpha value is 1.70. The van der Waals surface area contributed by atoms with Crippen molar-refractivity contribution in [3.63, 3.8) is 0 Å². The van der Waals surface area contributed by atoms with Crippen molar-refractivity contribution in [1.29, 1.82) is 0 Å². The Morgan fingerprint density at radius 1 is 0.541 bits per heavy atom. The van der Waals surface area contributed by atoms with Crippen molar-refractivity contribution in [2.75, 3.05) is 28.2 Å². The second-order valence-electron chi connectivity index (χ2n) is 10.8. The molecule has 0 radical (unpaired) electrons. The summed E-state index contributed by atoms with van der Waals surface area (Å²) in [5, 5.41) is 0. The predicted molar refractivity (Wildman–Crippen MR) is 146 cm³/mol. The molecule has 0 saturated carbocycles.